The van der Waals surface area contributed by atoms with E-state index >= 15 is 0 Å². The Morgan fingerprint density at radius 3 is 2.26 bits per heavy atom. The van der Waals surface area contributed by atoms with Gasteiger partial charge in [-0.05, 0) is 48.2 Å². The Morgan fingerprint density at radius 2 is 1.74 bits per heavy atom. The molecule has 0 N–H and O–H groups in total. The highest BCUT2D eigenvalue weighted by Gasteiger charge is 2.59. The van der Waals surface area contributed by atoms with Crippen molar-refractivity contribution < 1.29 is 27.6 Å². The van der Waals surface area contributed by atoms with Gasteiger partial charge in [0.15, 0.2) is 0 Å². The maximum Gasteiger partial charge on any atom is 0.406 e. The zero-order valence-corrected chi connectivity index (χ0v) is 22.6. The second kappa shape index (κ2) is 10.9. The lowest BCUT2D eigenvalue weighted by Gasteiger charge is -2.55. The molecule has 2 aromatic carbocycles. The Morgan fingerprint density at radius 1 is 1.08 bits per heavy atom. The van der Waals surface area contributed by atoms with Crippen LogP contribution in [0.4, 0.5) is 13.2 Å². The number of piperidine rings is 1. The number of halogens is 5. The highest BCUT2D eigenvalue weighted by molar-refractivity contribution is 6.30. The number of rotatable bonds is 7. The zero-order chi connectivity index (χ0) is 27.8. The van der Waals surface area contributed by atoms with Gasteiger partial charge in [0.1, 0.15) is 12.3 Å². The minimum absolute atomic E-state index is 0.0245. The van der Waals surface area contributed by atoms with Gasteiger partial charge in [0.2, 0.25) is 11.8 Å². The first-order valence-corrected chi connectivity index (χ1v) is 13.3. The summed E-state index contributed by atoms with van der Waals surface area (Å²) in [7, 11) is 0. The molecule has 204 valence electrons. The molecule has 1 aliphatic heterocycles. The minimum Gasteiger partial charge on any atom is -0.332 e. The van der Waals surface area contributed by atoms with Crippen LogP contribution in [0.5, 0.6) is 0 Å². The molecule has 2 aliphatic rings. The van der Waals surface area contributed by atoms with Crippen LogP contribution in [0.3, 0.4) is 0 Å². The van der Waals surface area contributed by atoms with E-state index in [2.05, 4.69) is 0 Å². The van der Waals surface area contributed by atoms with Crippen LogP contribution in [0.15, 0.2) is 48.5 Å². The predicted molar refractivity (Wildman–Crippen MR) is 139 cm³/mol. The molecule has 0 bridgehead atoms. The summed E-state index contributed by atoms with van der Waals surface area (Å²) in [5, 5.41) is 1.02. The van der Waals surface area contributed by atoms with Gasteiger partial charge in [-0.2, -0.15) is 13.2 Å². The second-order valence-electron chi connectivity index (χ2n) is 10.3. The Labute approximate surface area is 229 Å². The first-order chi connectivity index (χ1) is 17.8. The highest BCUT2D eigenvalue weighted by atomic mass is 35.5. The number of carbonyl (C=O) groups excluding carboxylic acids is 3. The number of amides is 2. The predicted octanol–water partition coefficient (Wildman–Crippen LogP) is 6.59. The molecule has 1 aliphatic carbocycles. The van der Waals surface area contributed by atoms with Crippen LogP contribution >= 0.6 is 23.2 Å². The van der Waals surface area contributed by atoms with E-state index in [4.69, 9.17) is 23.2 Å². The van der Waals surface area contributed by atoms with Gasteiger partial charge in [0, 0.05) is 48.3 Å². The van der Waals surface area contributed by atoms with Crippen LogP contribution in [0.1, 0.15) is 62.6 Å². The van der Waals surface area contributed by atoms with E-state index < -0.39 is 36.1 Å². The summed E-state index contributed by atoms with van der Waals surface area (Å²) in [6.45, 7) is 1.18. The van der Waals surface area contributed by atoms with Gasteiger partial charge in [-0.15, -0.1) is 0 Å². The Bertz CT molecular complexity index is 1210. The lowest BCUT2D eigenvalue weighted by molar-refractivity contribution is -0.172. The van der Waals surface area contributed by atoms with E-state index in [1.54, 1.807) is 42.2 Å². The molecule has 2 amide bonds. The number of likely N-dealkylation sites (tertiary alicyclic amines) is 1. The maximum atomic E-state index is 14.2. The molecular weight excluding hydrogens is 540 g/mol. The summed E-state index contributed by atoms with van der Waals surface area (Å²) in [4.78, 5) is 41.0. The van der Waals surface area contributed by atoms with Gasteiger partial charge >= 0.3 is 6.18 Å². The highest BCUT2D eigenvalue weighted by Crippen LogP contribution is 2.57. The van der Waals surface area contributed by atoms with Crippen LogP contribution in [-0.2, 0) is 14.4 Å². The van der Waals surface area contributed by atoms with Crippen LogP contribution in [-0.4, -0.2) is 52.7 Å². The summed E-state index contributed by atoms with van der Waals surface area (Å²) < 4.78 is 40.0. The number of benzene rings is 2. The number of Topliss-reactive ketones (excluding diaryl/α,β-unsaturated/α-hetero) is 1. The zero-order valence-electron chi connectivity index (χ0n) is 21.1. The number of carbonyl (C=O) groups is 3. The SMILES string of the molecule is CC[C@@H](CN(CC(F)(F)F)C(C)=O)N1C(=O)C2(CC(=O)C2)C[C@H](c2cccc(Cl)c2)[C@H]1c1ccc(Cl)cc1. The number of nitrogens with zero attached hydrogens (tertiary/aromatic N) is 2. The van der Waals surface area contributed by atoms with Crippen molar-refractivity contribution in [2.24, 2.45) is 5.41 Å². The molecule has 38 heavy (non-hydrogen) atoms. The third-order valence-electron chi connectivity index (χ3n) is 7.65. The molecule has 4 rings (SSSR count). The van der Waals surface area contributed by atoms with Crippen LogP contribution < -0.4 is 0 Å². The Hall–Kier alpha value is -2.58. The first kappa shape index (κ1) is 28.4. The van der Waals surface area contributed by atoms with Gasteiger partial charge in [-0.25, -0.2) is 0 Å². The summed E-state index contributed by atoms with van der Waals surface area (Å²) >= 11 is 12.5. The third kappa shape index (κ3) is 5.86. The average molecular weight is 569 g/mol. The van der Waals surface area contributed by atoms with E-state index in [1.807, 2.05) is 18.2 Å². The summed E-state index contributed by atoms with van der Waals surface area (Å²) in [6.07, 6.45) is -3.71. The number of hydrogen-bond donors (Lipinski definition) is 0. The molecule has 0 aromatic heterocycles. The van der Waals surface area contributed by atoms with Crippen molar-refractivity contribution in [1.29, 1.82) is 0 Å². The van der Waals surface area contributed by atoms with Crippen molar-refractivity contribution in [2.45, 2.75) is 63.7 Å². The average Bonchev–Trinajstić information content (AvgIpc) is 2.82. The van der Waals surface area contributed by atoms with E-state index in [0.29, 0.717) is 22.9 Å². The van der Waals surface area contributed by atoms with E-state index in [-0.39, 0.29) is 37.0 Å². The molecule has 2 fully saturated rings. The lowest BCUT2D eigenvalue weighted by atomic mass is 9.57. The molecule has 5 nitrogen and oxygen atoms in total. The molecule has 0 unspecified atom stereocenters. The fourth-order valence-electron chi connectivity index (χ4n) is 5.88. The largest absolute Gasteiger partial charge is 0.406 e. The van der Waals surface area contributed by atoms with E-state index in [1.165, 1.54) is 0 Å². The second-order valence-corrected chi connectivity index (χ2v) is 11.2. The summed E-state index contributed by atoms with van der Waals surface area (Å²) in [5.74, 6) is -1.31. The standard InChI is InChI=1S/C28H29Cl2F3N2O3/c1-3-22(15-34(17(2)36)16-28(31,32)33)35-25(18-7-9-20(29)10-8-18)24(19-5-4-6-21(30)11-19)14-27(26(35)38)12-23(37)13-27/h4-11,22,24-25H,3,12-16H2,1-2H3/t22-,24+,25+/m0/s1. The van der Waals surface area contributed by atoms with Gasteiger partial charge < -0.3 is 9.80 Å². The molecule has 0 radical (unpaired) electrons. The summed E-state index contributed by atoms with van der Waals surface area (Å²) in [6, 6.07) is 13.0. The van der Waals surface area contributed by atoms with Gasteiger partial charge in [-0.3, -0.25) is 14.4 Å². The first-order valence-electron chi connectivity index (χ1n) is 12.5. The fourth-order valence-corrected chi connectivity index (χ4v) is 6.21. The van der Waals surface area contributed by atoms with Gasteiger partial charge in [-0.1, -0.05) is 54.4 Å². The Balaban J connectivity index is 1.85. The molecule has 2 aromatic rings. The van der Waals surface area contributed by atoms with E-state index in [0.717, 1.165) is 23.0 Å². The minimum atomic E-state index is -4.59. The van der Waals surface area contributed by atoms with E-state index in [9.17, 15) is 27.6 Å². The lowest BCUT2D eigenvalue weighted by Crippen LogP contribution is -2.62. The molecular formula is C28H29Cl2F3N2O3. The van der Waals surface area contributed by atoms with Gasteiger partial charge in [0.25, 0.3) is 0 Å². The number of hydrogen-bond acceptors (Lipinski definition) is 3. The fraction of sp³-hybridized carbons (Fsp3) is 0.464. The maximum absolute atomic E-state index is 14.2. The third-order valence-corrected chi connectivity index (χ3v) is 8.14. The van der Waals surface area contributed by atoms with Crippen molar-refractivity contribution in [3.63, 3.8) is 0 Å². The quantitative estimate of drug-likeness (QED) is 0.378. The van der Waals surface area contributed by atoms with Crippen molar-refractivity contribution in [2.75, 3.05) is 13.1 Å². The van der Waals surface area contributed by atoms with Gasteiger partial charge in [0.05, 0.1) is 11.5 Å². The molecule has 10 heteroatoms. The molecule has 3 atom stereocenters. The monoisotopic (exact) mass is 568 g/mol. The smallest absolute Gasteiger partial charge is 0.332 e. The molecule has 1 saturated carbocycles. The van der Waals surface area contributed by atoms with Crippen LogP contribution in [0.2, 0.25) is 10.0 Å². The summed E-state index contributed by atoms with van der Waals surface area (Å²) in [5.41, 5.74) is 0.685. The topological polar surface area (TPSA) is 57.7 Å². The molecule has 1 heterocycles. The molecule has 1 spiro atoms. The van der Waals surface area contributed by atoms with Crippen molar-refractivity contribution in [3.8, 4) is 0 Å². The van der Waals surface area contributed by atoms with Crippen molar-refractivity contribution in [3.05, 3.63) is 69.7 Å². The van der Waals surface area contributed by atoms with Crippen molar-refractivity contribution >= 4 is 40.8 Å². The normalized spacial score (nSPS) is 21.8. The molecule has 1 saturated heterocycles. The Kier molecular flexibility index (Phi) is 8.15. The van der Waals surface area contributed by atoms with Crippen LogP contribution in [0, 0.1) is 5.41 Å². The number of alkyl halides is 3. The van der Waals surface area contributed by atoms with Crippen LogP contribution in [0.25, 0.3) is 0 Å². The number of ketones is 1. The van der Waals surface area contributed by atoms with Crippen molar-refractivity contribution in [1.82, 2.24) is 9.80 Å².